The number of nitrogens with zero attached hydrogens (tertiary/aromatic N) is 3. The molecule has 2 aromatic rings. The van der Waals surface area contributed by atoms with Gasteiger partial charge in [0.1, 0.15) is 11.9 Å². The second kappa shape index (κ2) is 7.55. The minimum Gasteiger partial charge on any atom is -0.312 e. The molecule has 0 spiro atoms. The number of hydrogen-bond donors (Lipinski definition) is 1. The molecular weight excluding hydrogens is 300 g/mol. The van der Waals surface area contributed by atoms with E-state index in [0.29, 0.717) is 11.5 Å². The third-order valence-corrected chi connectivity index (χ3v) is 4.67. The minimum absolute atomic E-state index is 0.621. The van der Waals surface area contributed by atoms with Gasteiger partial charge in [-0.25, -0.2) is 4.98 Å². The average Bonchev–Trinajstić information content (AvgIpc) is 2.85. The third-order valence-electron chi connectivity index (χ3n) is 2.75. The number of nitriles is 1. The molecule has 0 radical (unpaired) electrons. The van der Waals surface area contributed by atoms with Gasteiger partial charge >= 0.3 is 0 Å². The molecule has 110 valence electrons. The number of nitrogens with one attached hydrogen (secondary N) is 1. The summed E-state index contributed by atoms with van der Waals surface area (Å²) in [6.45, 7) is 7.99. The second-order valence-electron chi connectivity index (χ2n) is 5.18. The Kier molecular flexibility index (Phi) is 5.74. The number of rotatable bonds is 6. The smallest absolute Gasteiger partial charge is 0.174 e. The molecule has 0 saturated carbocycles. The lowest BCUT2D eigenvalue weighted by molar-refractivity contribution is 0.552. The van der Waals surface area contributed by atoms with Crippen LogP contribution in [-0.2, 0) is 6.54 Å². The van der Waals surface area contributed by atoms with Crippen LogP contribution in [0.15, 0.2) is 27.4 Å². The molecule has 1 aromatic heterocycles. The SMILES string of the molecule is Cc1nsc(Sc2ccc(CNCC(C)C)cc2C#N)n1. The Labute approximate surface area is 133 Å². The first kappa shape index (κ1) is 16.0. The fourth-order valence-electron chi connectivity index (χ4n) is 1.78. The van der Waals surface area contributed by atoms with Crippen LogP contribution in [0.4, 0.5) is 0 Å². The molecule has 0 aliphatic heterocycles. The first-order valence-corrected chi connectivity index (χ1v) is 8.39. The van der Waals surface area contributed by atoms with Gasteiger partial charge in [-0.05, 0) is 48.6 Å². The molecule has 1 aromatic carbocycles. The van der Waals surface area contributed by atoms with Crippen molar-refractivity contribution < 1.29 is 0 Å². The molecule has 6 heteroatoms. The average molecular weight is 318 g/mol. The summed E-state index contributed by atoms with van der Waals surface area (Å²) in [6, 6.07) is 8.27. The summed E-state index contributed by atoms with van der Waals surface area (Å²) >= 11 is 2.86. The zero-order valence-electron chi connectivity index (χ0n) is 12.4. The van der Waals surface area contributed by atoms with E-state index in [1.165, 1.54) is 23.3 Å². The van der Waals surface area contributed by atoms with E-state index in [0.717, 1.165) is 33.7 Å². The number of aromatic nitrogens is 2. The molecule has 21 heavy (non-hydrogen) atoms. The van der Waals surface area contributed by atoms with E-state index in [2.05, 4.69) is 40.7 Å². The Hall–Kier alpha value is -1.42. The summed E-state index contributed by atoms with van der Waals surface area (Å²) < 4.78 is 5.03. The van der Waals surface area contributed by atoms with Gasteiger partial charge in [-0.15, -0.1) is 0 Å². The summed E-state index contributed by atoms with van der Waals surface area (Å²) in [6.07, 6.45) is 0. The Morgan fingerprint density at radius 3 is 2.86 bits per heavy atom. The van der Waals surface area contributed by atoms with Crippen LogP contribution < -0.4 is 5.32 Å². The van der Waals surface area contributed by atoms with Gasteiger partial charge < -0.3 is 5.32 Å². The molecule has 1 N–H and O–H groups in total. The summed E-state index contributed by atoms with van der Waals surface area (Å²) in [4.78, 5) is 5.25. The highest BCUT2D eigenvalue weighted by atomic mass is 32.2. The van der Waals surface area contributed by atoms with Crippen molar-refractivity contribution >= 4 is 23.3 Å². The van der Waals surface area contributed by atoms with Crippen molar-refractivity contribution in [3.05, 3.63) is 35.2 Å². The normalized spacial score (nSPS) is 10.8. The Balaban J connectivity index is 2.07. The molecule has 0 amide bonds. The van der Waals surface area contributed by atoms with E-state index in [9.17, 15) is 5.26 Å². The lowest BCUT2D eigenvalue weighted by Gasteiger charge is -2.09. The molecule has 0 saturated heterocycles. The van der Waals surface area contributed by atoms with Crippen LogP contribution in [0, 0.1) is 24.2 Å². The van der Waals surface area contributed by atoms with Crippen molar-refractivity contribution in [2.24, 2.45) is 5.92 Å². The molecule has 0 atom stereocenters. The fourth-order valence-corrected chi connectivity index (χ4v) is 3.45. The van der Waals surface area contributed by atoms with Crippen LogP contribution in [0.1, 0.15) is 30.8 Å². The molecule has 4 nitrogen and oxygen atoms in total. The van der Waals surface area contributed by atoms with E-state index >= 15 is 0 Å². The maximum absolute atomic E-state index is 9.32. The first-order valence-electron chi connectivity index (χ1n) is 6.80. The van der Waals surface area contributed by atoms with Gasteiger partial charge in [-0.3, -0.25) is 0 Å². The highest BCUT2D eigenvalue weighted by Crippen LogP contribution is 2.31. The maximum Gasteiger partial charge on any atom is 0.174 e. The Morgan fingerprint density at radius 2 is 2.24 bits per heavy atom. The second-order valence-corrected chi connectivity index (χ2v) is 7.22. The standard InChI is InChI=1S/C15H18N4S2/c1-10(2)8-17-9-12-4-5-14(13(6-12)7-16)20-15-18-11(3)19-21-15/h4-6,10,17H,8-9H2,1-3H3. The highest BCUT2D eigenvalue weighted by Gasteiger charge is 2.09. The largest absolute Gasteiger partial charge is 0.312 e. The summed E-state index contributed by atoms with van der Waals surface area (Å²) in [7, 11) is 0. The highest BCUT2D eigenvalue weighted by molar-refractivity contribution is 8.01. The van der Waals surface area contributed by atoms with Gasteiger partial charge in [0.05, 0.1) is 5.56 Å². The summed E-state index contributed by atoms with van der Waals surface area (Å²) in [5, 5.41) is 12.7. The van der Waals surface area contributed by atoms with Gasteiger partial charge in [0.25, 0.3) is 0 Å². The van der Waals surface area contributed by atoms with Crippen LogP contribution in [0.25, 0.3) is 0 Å². The molecule has 0 bridgehead atoms. The quantitative estimate of drug-likeness (QED) is 0.881. The summed E-state index contributed by atoms with van der Waals surface area (Å²) in [5.41, 5.74) is 1.82. The van der Waals surface area contributed by atoms with Crippen molar-refractivity contribution in [2.75, 3.05) is 6.54 Å². The van der Waals surface area contributed by atoms with Crippen molar-refractivity contribution in [1.82, 2.24) is 14.7 Å². The number of aryl methyl sites for hydroxylation is 1. The Bertz CT molecular complexity index is 643. The van der Waals surface area contributed by atoms with E-state index in [1.807, 2.05) is 19.1 Å². The lowest BCUT2D eigenvalue weighted by atomic mass is 10.1. The molecule has 0 unspecified atom stereocenters. The van der Waals surface area contributed by atoms with Crippen LogP contribution >= 0.6 is 23.3 Å². The molecule has 0 aliphatic carbocycles. The van der Waals surface area contributed by atoms with Gasteiger partial charge in [0, 0.05) is 11.4 Å². The van der Waals surface area contributed by atoms with E-state index < -0.39 is 0 Å². The van der Waals surface area contributed by atoms with Gasteiger partial charge in [0.15, 0.2) is 4.34 Å². The van der Waals surface area contributed by atoms with Gasteiger partial charge in [-0.1, -0.05) is 31.7 Å². The van der Waals surface area contributed by atoms with Crippen LogP contribution in [-0.4, -0.2) is 15.9 Å². The predicted molar refractivity (Wildman–Crippen MR) is 86.5 cm³/mol. The lowest BCUT2D eigenvalue weighted by Crippen LogP contribution is -2.18. The molecule has 2 rings (SSSR count). The van der Waals surface area contributed by atoms with Crippen LogP contribution in [0.2, 0.25) is 0 Å². The van der Waals surface area contributed by atoms with E-state index in [1.54, 1.807) is 0 Å². The fraction of sp³-hybridized carbons (Fsp3) is 0.400. The topological polar surface area (TPSA) is 61.6 Å². The van der Waals surface area contributed by atoms with Gasteiger partial charge in [-0.2, -0.15) is 9.64 Å². The first-order chi connectivity index (χ1) is 10.1. The molecular formula is C15H18N4S2. The van der Waals surface area contributed by atoms with Crippen molar-refractivity contribution in [3.63, 3.8) is 0 Å². The maximum atomic E-state index is 9.32. The van der Waals surface area contributed by atoms with Crippen molar-refractivity contribution in [1.29, 1.82) is 5.26 Å². The number of benzene rings is 1. The molecule has 0 aliphatic rings. The predicted octanol–water partition coefficient (Wildman–Crippen LogP) is 3.62. The zero-order valence-corrected chi connectivity index (χ0v) is 14.0. The van der Waals surface area contributed by atoms with E-state index in [-0.39, 0.29) is 0 Å². The van der Waals surface area contributed by atoms with E-state index in [4.69, 9.17) is 0 Å². The van der Waals surface area contributed by atoms with Gasteiger partial charge in [0.2, 0.25) is 0 Å². The zero-order chi connectivity index (χ0) is 15.2. The van der Waals surface area contributed by atoms with Crippen LogP contribution in [0.5, 0.6) is 0 Å². The molecule has 0 fully saturated rings. The van der Waals surface area contributed by atoms with Crippen molar-refractivity contribution in [2.45, 2.75) is 36.6 Å². The minimum atomic E-state index is 0.621. The Morgan fingerprint density at radius 1 is 1.43 bits per heavy atom. The molecule has 1 heterocycles. The number of hydrogen-bond acceptors (Lipinski definition) is 6. The van der Waals surface area contributed by atoms with Crippen LogP contribution in [0.3, 0.4) is 0 Å². The monoisotopic (exact) mass is 318 g/mol. The summed E-state index contributed by atoms with van der Waals surface area (Å²) in [5.74, 6) is 1.39. The van der Waals surface area contributed by atoms with Crippen molar-refractivity contribution in [3.8, 4) is 6.07 Å². The third kappa shape index (κ3) is 4.81.